The fraction of sp³-hybridized carbons (Fsp3) is 0.333. The van der Waals surface area contributed by atoms with E-state index in [2.05, 4.69) is 29.7 Å². The van der Waals surface area contributed by atoms with E-state index in [9.17, 15) is 9.59 Å². The first-order valence-electron chi connectivity index (χ1n) is 9.09. The normalized spacial score (nSPS) is 13.7. The first-order chi connectivity index (χ1) is 12.6. The van der Waals surface area contributed by atoms with Gasteiger partial charge in [-0.3, -0.25) is 9.59 Å². The van der Waals surface area contributed by atoms with Gasteiger partial charge in [0.2, 0.25) is 11.8 Å². The van der Waals surface area contributed by atoms with Gasteiger partial charge in [0, 0.05) is 19.5 Å². The molecular weight excluding hydrogens is 326 g/mol. The van der Waals surface area contributed by atoms with E-state index in [0.29, 0.717) is 13.0 Å². The predicted octanol–water partition coefficient (Wildman–Crippen LogP) is 2.89. The van der Waals surface area contributed by atoms with Gasteiger partial charge in [0.15, 0.2) is 0 Å². The van der Waals surface area contributed by atoms with Crippen LogP contribution in [-0.2, 0) is 16.0 Å². The van der Waals surface area contributed by atoms with Crippen LogP contribution in [0.15, 0.2) is 48.5 Å². The van der Waals surface area contributed by atoms with E-state index in [-0.39, 0.29) is 18.4 Å². The van der Waals surface area contributed by atoms with Crippen LogP contribution in [0.1, 0.15) is 24.0 Å². The van der Waals surface area contributed by atoms with E-state index >= 15 is 0 Å². The largest absolute Gasteiger partial charge is 0.374 e. The van der Waals surface area contributed by atoms with Crippen molar-refractivity contribution in [2.45, 2.75) is 26.2 Å². The summed E-state index contributed by atoms with van der Waals surface area (Å²) < 4.78 is 0. The zero-order valence-corrected chi connectivity index (χ0v) is 15.1. The number of amides is 2. The van der Waals surface area contributed by atoms with Crippen molar-refractivity contribution in [3.63, 3.8) is 0 Å². The number of para-hydroxylation sites is 2. The molecule has 5 heteroatoms. The van der Waals surface area contributed by atoms with E-state index in [4.69, 9.17) is 0 Å². The molecule has 0 unspecified atom stereocenters. The minimum absolute atomic E-state index is 0.0545. The molecular formula is C21H25N3O2. The summed E-state index contributed by atoms with van der Waals surface area (Å²) in [7, 11) is 0. The van der Waals surface area contributed by atoms with E-state index in [0.717, 1.165) is 30.8 Å². The molecule has 0 spiro atoms. The molecule has 1 heterocycles. The van der Waals surface area contributed by atoms with Gasteiger partial charge in [-0.15, -0.1) is 0 Å². The van der Waals surface area contributed by atoms with Crippen molar-refractivity contribution in [1.82, 2.24) is 5.32 Å². The first kappa shape index (κ1) is 18.0. The second-order valence-corrected chi connectivity index (χ2v) is 6.55. The Morgan fingerprint density at radius 3 is 2.65 bits per heavy atom. The number of benzene rings is 2. The topological polar surface area (TPSA) is 61.4 Å². The molecule has 0 atom stereocenters. The fourth-order valence-electron chi connectivity index (χ4n) is 3.23. The van der Waals surface area contributed by atoms with Crippen LogP contribution < -0.4 is 15.5 Å². The third kappa shape index (κ3) is 4.42. The molecule has 2 aromatic carbocycles. The SMILES string of the molecule is Cc1ccccc1CCNC(=O)CNc1ccccc1N1CCCC1=O. The molecule has 0 radical (unpaired) electrons. The predicted molar refractivity (Wildman–Crippen MR) is 104 cm³/mol. The van der Waals surface area contributed by atoms with Crippen molar-refractivity contribution in [2.75, 3.05) is 29.9 Å². The van der Waals surface area contributed by atoms with Gasteiger partial charge in [-0.25, -0.2) is 0 Å². The number of aryl methyl sites for hydroxylation is 1. The molecule has 0 aromatic heterocycles. The summed E-state index contributed by atoms with van der Waals surface area (Å²) in [4.78, 5) is 25.9. The molecule has 2 aromatic rings. The third-order valence-corrected chi connectivity index (χ3v) is 4.69. The maximum atomic E-state index is 12.1. The summed E-state index contributed by atoms with van der Waals surface area (Å²) >= 11 is 0. The molecule has 2 amide bonds. The number of carbonyl (C=O) groups is 2. The van der Waals surface area contributed by atoms with Crippen molar-refractivity contribution < 1.29 is 9.59 Å². The van der Waals surface area contributed by atoms with Crippen molar-refractivity contribution in [1.29, 1.82) is 0 Å². The lowest BCUT2D eigenvalue weighted by Crippen LogP contribution is -2.32. The van der Waals surface area contributed by atoms with Gasteiger partial charge in [-0.2, -0.15) is 0 Å². The molecule has 1 aliphatic heterocycles. The Labute approximate surface area is 154 Å². The van der Waals surface area contributed by atoms with Gasteiger partial charge in [0.1, 0.15) is 0 Å². The summed E-state index contributed by atoms with van der Waals surface area (Å²) in [5.41, 5.74) is 4.15. The number of nitrogens with one attached hydrogen (secondary N) is 2. The fourth-order valence-corrected chi connectivity index (χ4v) is 3.23. The van der Waals surface area contributed by atoms with Crippen LogP contribution in [0, 0.1) is 6.92 Å². The molecule has 0 bridgehead atoms. The molecule has 136 valence electrons. The van der Waals surface area contributed by atoms with Crippen LogP contribution in [-0.4, -0.2) is 31.4 Å². The number of rotatable bonds is 7. The van der Waals surface area contributed by atoms with Crippen LogP contribution in [0.5, 0.6) is 0 Å². The summed E-state index contributed by atoms with van der Waals surface area (Å²) in [5.74, 6) is 0.0862. The smallest absolute Gasteiger partial charge is 0.239 e. The van der Waals surface area contributed by atoms with Gasteiger partial charge < -0.3 is 15.5 Å². The molecule has 0 aliphatic carbocycles. The molecule has 1 aliphatic rings. The van der Waals surface area contributed by atoms with Gasteiger partial charge in [0.25, 0.3) is 0 Å². The lowest BCUT2D eigenvalue weighted by Gasteiger charge is -2.20. The van der Waals surface area contributed by atoms with E-state index in [1.165, 1.54) is 11.1 Å². The summed E-state index contributed by atoms with van der Waals surface area (Å²) in [6.07, 6.45) is 2.29. The molecule has 2 N–H and O–H groups in total. The van der Waals surface area contributed by atoms with Crippen molar-refractivity contribution in [3.8, 4) is 0 Å². The Balaban J connectivity index is 1.50. The third-order valence-electron chi connectivity index (χ3n) is 4.69. The van der Waals surface area contributed by atoms with Crippen LogP contribution in [0.4, 0.5) is 11.4 Å². The Morgan fingerprint density at radius 1 is 1.12 bits per heavy atom. The highest BCUT2D eigenvalue weighted by Crippen LogP contribution is 2.29. The van der Waals surface area contributed by atoms with Gasteiger partial charge >= 0.3 is 0 Å². The maximum Gasteiger partial charge on any atom is 0.239 e. The average Bonchev–Trinajstić information content (AvgIpc) is 3.07. The molecule has 1 saturated heterocycles. The second kappa shape index (κ2) is 8.52. The van der Waals surface area contributed by atoms with Crippen LogP contribution in [0.3, 0.4) is 0 Å². The van der Waals surface area contributed by atoms with E-state index < -0.39 is 0 Å². The van der Waals surface area contributed by atoms with Gasteiger partial charge in [-0.05, 0) is 43.0 Å². The van der Waals surface area contributed by atoms with Crippen LogP contribution in [0.25, 0.3) is 0 Å². The lowest BCUT2D eigenvalue weighted by atomic mass is 10.1. The number of hydrogen-bond acceptors (Lipinski definition) is 3. The quantitative estimate of drug-likeness (QED) is 0.806. The summed E-state index contributed by atoms with van der Waals surface area (Å²) in [6, 6.07) is 15.8. The first-order valence-corrected chi connectivity index (χ1v) is 9.09. The molecule has 26 heavy (non-hydrogen) atoms. The van der Waals surface area contributed by atoms with E-state index in [1.54, 1.807) is 4.90 Å². The Hall–Kier alpha value is -2.82. The summed E-state index contributed by atoms with van der Waals surface area (Å²) in [6.45, 7) is 3.61. The minimum Gasteiger partial charge on any atom is -0.374 e. The monoisotopic (exact) mass is 351 g/mol. The van der Waals surface area contributed by atoms with E-state index in [1.807, 2.05) is 36.4 Å². The lowest BCUT2D eigenvalue weighted by molar-refractivity contribution is -0.119. The standard InChI is InChI=1S/C21H25N3O2/c1-16-7-2-3-8-17(16)12-13-22-20(25)15-23-18-9-4-5-10-19(18)24-14-6-11-21(24)26/h2-5,7-10,23H,6,11-15H2,1H3,(H,22,25). The number of nitrogens with zero attached hydrogens (tertiary/aromatic N) is 1. The van der Waals surface area contributed by atoms with Gasteiger partial charge in [-0.1, -0.05) is 36.4 Å². The van der Waals surface area contributed by atoms with Crippen molar-refractivity contribution >= 4 is 23.2 Å². The highest BCUT2D eigenvalue weighted by atomic mass is 16.2. The highest BCUT2D eigenvalue weighted by Gasteiger charge is 2.23. The average molecular weight is 351 g/mol. The zero-order chi connectivity index (χ0) is 18.4. The van der Waals surface area contributed by atoms with Crippen LogP contribution >= 0.6 is 0 Å². The minimum atomic E-state index is -0.0545. The maximum absolute atomic E-state index is 12.1. The highest BCUT2D eigenvalue weighted by molar-refractivity contribution is 5.98. The second-order valence-electron chi connectivity index (χ2n) is 6.55. The molecule has 5 nitrogen and oxygen atoms in total. The zero-order valence-electron chi connectivity index (χ0n) is 15.1. The molecule has 0 saturated carbocycles. The van der Waals surface area contributed by atoms with Crippen molar-refractivity contribution in [2.24, 2.45) is 0 Å². The Morgan fingerprint density at radius 2 is 1.88 bits per heavy atom. The number of carbonyl (C=O) groups excluding carboxylic acids is 2. The van der Waals surface area contributed by atoms with Crippen molar-refractivity contribution in [3.05, 3.63) is 59.7 Å². The number of anilines is 2. The molecule has 1 fully saturated rings. The Bertz CT molecular complexity index is 788. The van der Waals surface area contributed by atoms with Gasteiger partial charge in [0.05, 0.1) is 17.9 Å². The molecule has 3 rings (SSSR count). The summed E-state index contributed by atoms with van der Waals surface area (Å²) in [5, 5.41) is 6.11. The Kier molecular flexibility index (Phi) is 5.89. The number of hydrogen-bond donors (Lipinski definition) is 2. The van der Waals surface area contributed by atoms with Crippen LogP contribution in [0.2, 0.25) is 0 Å².